The highest BCUT2D eigenvalue weighted by molar-refractivity contribution is 7.89. The summed E-state index contributed by atoms with van der Waals surface area (Å²) in [5.41, 5.74) is 9.90. The van der Waals surface area contributed by atoms with Crippen LogP contribution in [-0.2, 0) is 10.0 Å². The van der Waals surface area contributed by atoms with Crippen LogP contribution >= 0.6 is 0 Å². The molecule has 3 rings (SSSR count). The number of nitrogens with two attached hydrogens (primary N) is 1. The number of nitrogens with zero attached hydrogens (tertiary/aromatic N) is 2. The summed E-state index contributed by atoms with van der Waals surface area (Å²) >= 11 is 0. The van der Waals surface area contributed by atoms with Crippen LogP contribution in [0.4, 0.5) is 11.8 Å². The van der Waals surface area contributed by atoms with E-state index in [0.29, 0.717) is 25.3 Å². The Hall–Kier alpha value is -2.97. The van der Waals surface area contributed by atoms with E-state index in [1.165, 1.54) is 0 Å². The maximum atomic E-state index is 12.2. The Morgan fingerprint density at radius 1 is 0.931 bits per heavy atom. The van der Waals surface area contributed by atoms with Crippen molar-refractivity contribution in [2.75, 3.05) is 24.1 Å². The molecule has 8 heteroatoms. The summed E-state index contributed by atoms with van der Waals surface area (Å²) < 4.78 is 27.0. The summed E-state index contributed by atoms with van der Waals surface area (Å²) in [6.07, 6.45) is 0.592. The van der Waals surface area contributed by atoms with E-state index < -0.39 is 10.0 Å². The fraction of sp³-hybridized carbons (Fsp3) is 0.238. The molecular formula is C21H25N5O2S. The summed E-state index contributed by atoms with van der Waals surface area (Å²) in [5, 5.41) is 3.18. The van der Waals surface area contributed by atoms with Crippen LogP contribution in [0.15, 0.2) is 59.5 Å². The molecule has 152 valence electrons. The van der Waals surface area contributed by atoms with Crippen molar-refractivity contribution in [2.45, 2.75) is 25.2 Å². The molecule has 0 saturated carbocycles. The molecule has 0 saturated heterocycles. The topological polar surface area (TPSA) is 110 Å². The van der Waals surface area contributed by atoms with Gasteiger partial charge in [-0.05, 0) is 44.5 Å². The van der Waals surface area contributed by atoms with Gasteiger partial charge in [0.05, 0.1) is 10.6 Å². The Morgan fingerprint density at radius 2 is 1.62 bits per heavy atom. The van der Waals surface area contributed by atoms with Gasteiger partial charge in [0, 0.05) is 24.7 Å². The van der Waals surface area contributed by atoms with Crippen LogP contribution < -0.4 is 15.8 Å². The van der Waals surface area contributed by atoms with Crippen LogP contribution in [0.5, 0.6) is 0 Å². The summed E-state index contributed by atoms with van der Waals surface area (Å²) in [6.45, 7) is 4.93. The standard InChI is InChI=1S/C21H25N5O2S/c1-15-11-16(2)13-17(12-15)19-14-20(26-21(22)25-19)23-9-6-10-24-29(27,28)18-7-4-3-5-8-18/h3-5,7-8,11-14,24H,6,9-10H2,1-2H3,(H3,22,23,25,26). The molecule has 29 heavy (non-hydrogen) atoms. The number of nitrogens with one attached hydrogen (secondary N) is 2. The van der Waals surface area contributed by atoms with Crippen LogP contribution in [-0.4, -0.2) is 31.5 Å². The lowest BCUT2D eigenvalue weighted by Crippen LogP contribution is -2.26. The lowest BCUT2D eigenvalue weighted by atomic mass is 10.0. The number of anilines is 2. The molecule has 7 nitrogen and oxygen atoms in total. The van der Waals surface area contributed by atoms with Crippen molar-refractivity contribution < 1.29 is 8.42 Å². The molecule has 2 aromatic carbocycles. The second-order valence-electron chi connectivity index (χ2n) is 6.86. The van der Waals surface area contributed by atoms with Crippen molar-refractivity contribution in [2.24, 2.45) is 0 Å². The van der Waals surface area contributed by atoms with E-state index in [-0.39, 0.29) is 10.8 Å². The first-order chi connectivity index (χ1) is 13.8. The molecule has 0 spiro atoms. The van der Waals surface area contributed by atoms with E-state index in [1.807, 2.05) is 19.9 Å². The highest BCUT2D eigenvalue weighted by atomic mass is 32.2. The van der Waals surface area contributed by atoms with E-state index in [2.05, 4.69) is 38.2 Å². The minimum atomic E-state index is -3.49. The van der Waals surface area contributed by atoms with E-state index in [4.69, 9.17) is 5.73 Å². The van der Waals surface area contributed by atoms with Gasteiger partial charge in [-0.3, -0.25) is 0 Å². The van der Waals surface area contributed by atoms with Gasteiger partial charge in [0.1, 0.15) is 5.82 Å². The van der Waals surface area contributed by atoms with Gasteiger partial charge in [0.25, 0.3) is 0 Å². The SMILES string of the molecule is Cc1cc(C)cc(-c2cc(NCCCNS(=O)(=O)c3ccccc3)nc(N)n2)c1. The highest BCUT2D eigenvalue weighted by Gasteiger charge is 2.12. The Kier molecular flexibility index (Phi) is 6.46. The quantitative estimate of drug-likeness (QED) is 0.491. The molecule has 0 aliphatic carbocycles. The average molecular weight is 412 g/mol. The van der Waals surface area contributed by atoms with Gasteiger partial charge in [-0.15, -0.1) is 0 Å². The predicted molar refractivity (Wildman–Crippen MR) is 116 cm³/mol. The van der Waals surface area contributed by atoms with Gasteiger partial charge in [0.15, 0.2) is 0 Å². The lowest BCUT2D eigenvalue weighted by Gasteiger charge is -2.10. The maximum Gasteiger partial charge on any atom is 0.240 e. The molecule has 0 atom stereocenters. The second-order valence-corrected chi connectivity index (χ2v) is 8.63. The molecule has 0 aliphatic rings. The summed E-state index contributed by atoms with van der Waals surface area (Å²) in [7, 11) is -3.49. The molecular weight excluding hydrogens is 386 g/mol. The third kappa shape index (κ3) is 5.75. The van der Waals surface area contributed by atoms with Crippen molar-refractivity contribution in [3.05, 3.63) is 65.7 Å². The first kappa shape index (κ1) is 20.8. The zero-order valence-corrected chi connectivity index (χ0v) is 17.3. The Balaban J connectivity index is 1.58. The van der Waals surface area contributed by atoms with E-state index in [0.717, 1.165) is 22.4 Å². The fourth-order valence-corrected chi connectivity index (χ4v) is 4.12. The molecule has 0 bridgehead atoms. The number of aryl methyl sites for hydroxylation is 2. The zero-order chi connectivity index (χ0) is 20.9. The third-order valence-corrected chi connectivity index (χ3v) is 5.74. The largest absolute Gasteiger partial charge is 0.370 e. The van der Waals surface area contributed by atoms with Crippen LogP contribution in [0.25, 0.3) is 11.3 Å². The van der Waals surface area contributed by atoms with Gasteiger partial charge in [-0.25, -0.2) is 18.1 Å². The Morgan fingerprint density at radius 3 is 2.31 bits per heavy atom. The Bertz CT molecular complexity index is 1070. The van der Waals surface area contributed by atoms with Gasteiger partial charge in [-0.1, -0.05) is 35.4 Å². The monoisotopic (exact) mass is 411 g/mol. The highest BCUT2D eigenvalue weighted by Crippen LogP contribution is 2.23. The Labute approximate surface area is 171 Å². The average Bonchev–Trinajstić information content (AvgIpc) is 2.67. The fourth-order valence-electron chi connectivity index (χ4n) is 3.02. The maximum absolute atomic E-state index is 12.2. The summed E-state index contributed by atoms with van der Waals surface area (Å²) in [6, 6.07) is 16.4. The molecule has 4 N–H and O–H groups in total. The van der Waals surface area contributed by atoms with Crippen molar-refractivity contribution >= 4 is 21.8 Å². The van der Waals surface area contributed by atoms with E-state index in [1.54, 1.807) is 30.3 Å². The summed E-state index contributed by atoms with van der Waals surface area (Å²) in [4.78, 5) is 8.81. The van der Waals surface area contributed by atoms with Crippen molar-refractivity contribution in [1.29, 1.82) is 0 Å². The first-order valence-corrected chi connectivity index (χ1v) is 10.8. The molecule has 3 aromatic rings. The molecule has 0 aliphatic heterocycles. The lowest BCUT2D eigenvalue weighted by molar-refractivity contribution is 0.580. The molecule has 1 heterocycles. The summed E-state index contributed by atoms with van der Waals surface area (Å²) in [5.74, 6) is 0.798. The smallest absolute Gasteiger partial charge is 0.240 e. The molecule has 0 amide bonds. The molecule has 1 aromatic heterocycles. The number of hydrogen-bond acceptors (Lipinski definition) is 6. The van der Waals surface area contributed by atoms with Crippen LogP contribution in [0.3, 0.4) is 0 Å². The molecule has 0 radical (unpaired) electrons. The van der Waals surface area contributed by atoms with E-state index >= 15 is 0 Å². The van der Waals surface area contributed by atoms with Gasteiger partial charge >= 0.3 is 0 Å². The van der Waals surface area contributed by atoms with Crippen molar-refractivity contribution in [3.63, 3.8) is 0 Å². The van der Waals surface area contributed by atoms with Gasteiger partial charge in [-0.2, -0.15) is 4.98 Å². The minimum Gasteiger partial charge on any atom is -0.370 e. The van der Waals surface area contributed by atoms with Gasteiger partial charge in [0.2, 0.25) is 16.0 Å². The number of rotatable bonds is 8. The van der Waals surface area contributed by atoms with Crippen LogP contribution in [0, 0.1) is 13.8 Å². The van der Waals surface area contributed by atoms with Crippen LogP contribution in [0.1, 0.15) is 17.5 Å². The number of sulfonamides is 1. The zero-order valence-electron chi connectivity index (χ0n) is 16.5. The van der Waals surface area contributed by atoms with Crippen LogP contribution in [0.2, 0.25) is 0 Å². The normalized spacial score (nSPS) is 11.4. The number of hydrogen-bond donors (Lipinski definition) is 3. The van der Waals surface area contributed by atoms with E-state index in [9.17, 15) is 8.42 Å². The number of nitrogen functional groups attached to an aromatic ring is 1. The molecule has 0 fully saturated rings. The van der Waals surface area contributed by atoms with Crippen molar-refractivity contribution in [1.82, 2.24) is 14.7 Å². The van der Waals surface area contributed by atoms with Crippen molar-refractivity contribution in [3.8, 4) is 11.3 Å². The second kappa shape index (κ2) is 9.02. The first-order valence-electron chi connectivity index (χ1n) is 9.35. The molecule has 0 unspecified atom stereocenters. The minimum absolute atomic E-state index is 0.189. The predicted octanol–water partition coefficient (Wildman–Crippen LogP) is 3.12. The third-order valence-electron chi connectivity index (χ3n) is 4.27. The van der Waals surface area contributed by atoms with Gasteiger partial charge < -0.3 is 11.1 Å². The number of benzene rings is 2. The number of aromatic nitrogens is 2.